The number of rotatable bonds is 6. The molecule has 3 heterocycles. The van der Waals surface area contributed by atoms with E-state index < -0.39 is 0 Å². The maximum Gasteiger partial charge on any atom is 0.332 e. The molecular weight excluding hydrogens is 408 g/mol. The number of aryl methyl sites for hydroxylation is 1. The Bertz CT molecular complexity index is 1440. The SMILES string of the molecule is CCCn1c(=O)c2[nH]c(-c3cnn(CC#Cc4cccc(OC)c4)c3)nc2n(CC)c1=O. The molecule has 0 aliphatic rings. The molecule has 0 atom stereocenters. The minimum atomic E-state index is -0.355. The predicted octanol–water partition coefficient (Wildman–Crippen LogP) is 2.24. The summed E-state index contributed by atoms with van der Waals surface area (Å²) in [6.45, 7) is 4.96. The zero-order valence-electron chi connectivity index (χ0n) is 18.3. The van der Waals surface area contributed by atoms with Gasteiger partial charge in [-0.15, -0.1) is 0 Å². The molecule has 0 fully saturated rings. The molecule has 0 saturated carbocycles. The van der Waals surface area contributed by atoms with E-state index in [1.807, 2.05) is 38.1 Å². The second-order valence-electron chi connectivity index (χ2n) is 7.23. The lowest BCUT2D eigenvalue weighted by molar-refractivity contribution is 0.414. The number of benzene rings is 1. The molecule has 0 aliphatic carbocycles. The van der Waals surface area contributed by atoms with Crippen molar-refractivity contribution in [2.45, 2.75) is 39.9 Å². The number of nitrogens with zero attached hydrogens (tertiary/aromatic N) is 5. The van der Waals surface area contributed by atoms with Gasteiger partial charge in [0.15, 0.2) is 5.65 Å². The lowest BCUT2D eigenvalue weighted by Gasteiger charge is -2.07. The quantitative estimate of drug-likeness (QED) is 0.471. The van der Waals surface area contributed by atoms with Crippen molar-refractivity contribution in [1.29, 1.82) is 0 Å². The number of aromatic nitrogens is 6. The molecule has 164 valence electrons. The fourth-order valence-corrected chi connectivity index (χ4v) is 3.50. The second-order valence-corrected chi connectivity index (χ2v) is 7.23. The average Bonchev–Trinajstić information content (AvgIpc) is 3.45. The number of methoxy groups -OCH3 is 1. The van der Waals surface area contributed by atoms with Gasteiger partial charge in [-0.05, 0) is 31.5 Å². The number of aromatic amines is 1. The van der Waals surface area contributed by atoms with Crippen LogP contribution in [0.1, 0.15) is 25.8 Å². The molecule has 0 radical (unpaired) electrons. The molecule has 0 unspecified atom stereocenters. The van der Waals surface area contributed by atoms with Gasteiger partial charge >= 0.3 is 5.69 Å². The number of ether oxygens (including phenoxy) is 1. The van der Waals surface area contributed by atoms with Crippen molar-refractivity contribution in [2.24, 2.45) is 0 Å². The van der Waals surface area contributed by atoms with E-state index in [4.69, 9.17) is 4.74 Å². The first kappa shape index (κ1) is 21.2. The third kappa shape index (κ3) is 3.95. The van der Waals surface area contributed by atoms with Crippen LogP contribution in [0, 0.1) is 11.8 Å². The van der Waals surface area contributed by atoms with E-state index in [2.05, 4.69) is 26.9 Å². The van der Waals surface area contributed by atoms with Crippen LogP contribution in [0.5, 0.6) is 5.75 Å². The van der Waals surface area contributed by atoms with Gasteiger partial charge in [-0.3, -0.25) is 18.6 Å². The van der Waals surface area contributed by atoms with Crippen molar-refractivity contribution < 1.29 is 4.74 Å². The Morgan fingerprint density at radius 1 is 1.19 bits per heavy atom. The molecule has 9 nitrogen and oxygen atoms in total. The molecule has 0 bridgehead atoms. The molecule has 0 amide bonds. The summed E-state index contributed by atoms with van der Waals surface area (Å²) < 4.78 is 9.67. The highest BCUT2D eigenvalue weighted by molar-refractivity contribution is 5.75. The van der Waals surface area contributed by atoms with E-state index in [0.29, 0.717) is 48.6 Å². The number of hydrogen-bond donors (Lipinski definition) is 1. The largest absolute Gasteiger partial charge is 0.497 e. The van der Waals surface area contributed by atoms with Crippen molar-refractivity contribution in [2.75, 3.05) is 7.11 Å². The fourth-order valence-electron chi connectivity index (χ4n) is 3.50. The Labute approximate surface area is 184 Å². The van der Waals surface area contributed by atoms with E-state index in [-0.39, 0.29) is 11.2 Å². The molecule has 0 spiro atoms. The van der Waals surface area contributed by atoms with Gasteiger partial charge in [0.2, 0.25) is 0 Å². The number of nitrogens with one attached hydrogen (secondary N) is 1. The van der Waals surface area contributed by atoms with Gasteiger partial charge in [-0.1, -0.05) is 24.8 Å². The number of H-pyrrole nitrogens is 1. The van der Waals surface area contributed by atoms with E-state index in [1.54, 1.807) is 24.2 Å². The molecule has 4 rings (SSSR count). The van der Waals surface area contributed by atoms with Crippen LogP contribution in [0.15, 0.2) is 46.2 Å². The topological polar surface area (TPSA) is 99.7 Å². The normalized spacial score (nSPS) is 10.8. The Hall–Kier alpha value is -4.06. The molecular formula is C23H24N6O3. The summed E-state index contributed by atoms with van der Waals surface area (Å²) in [4.78, 5) is 33.1. The lowest BCUT2D eigenvalue weighted by Crippen LogP contribution is -2.39. The van der Waals surface area contributed by atoms with Crippen molar-refractivity contribution in [3.63, 3.8) is 0 Å². The van der Waals surface area contributed by atoms with Crippen molar-refractivity contribution in [1.82, 2.24) is 28.9 Å². The van der Waals surface area contributed by atoms with Gasteiger partial charge in [0, 0.05) is 24.8 Å². The number of imidazole rings is 1. The molecule has 32 heavy (non-hydrogen) atoms. The Balaban J connectivity index is 1.64. The summed E-state index contributed by atoms with van der Waals surface area (Å²) >= 11 is 0. The highest BCUT2D eigenvalue weighted by Crippen LogP contribution is 2.18. The Morgan fingerprint density at radius 2 is 2.03 bits per heavy atom. The van der Waals surface area contributed by atoms with Crippen LogP contribution in [0.4, 0.5) is 0 Å². The minimum absolute atomic E-state index is 0.320. The average molecular weight is 432 g/mol. The Morgan fingerprint density at radius 3 is 2.78 bits per heavy atom. The fraction of sp³-hybridized carbons (Fsp3) is 0.304. The summed E-state index contributed by atoms with van der Waals surface area (Å²) in [7, 11) is 1.62. The maximum absolute atomic E-state index is 12.8. The third-order valence-corrected chi connectivity index (χ3v) is 5.07. The van der Waals surface area contributed by atoms with Crippen LogP contribution in [0.3, 0.4) is 0 Å². The van der Waals surface area contributed by atoms with Gasteiger partial charge in [-0.25, -0.2) is 9.78 Å². The highest BCUT2D eigenvalue weighted by Gasteiger charge is 2.17. The maximum atomic E-state index is 12.8. The molecule has 0 aliphatic heterocycles. The minimum Gasteiger partial charge on any atom is -0.497 e. The van der Waals surface area contributed by atoms with Gasteiger partial charge < -0.3 is 9.72 Å². The van der Waals surface area contributed by atoms with E-state index in [1.165, 1.54) is 9.13 Å². The molecule has 4 aromatic rings. The highest BCUT2D eigenvalue weighted by atomic mass is 16.5. The summed E-state index contributed by atoms with van der Waals surface area (Å²) in [5.74, 6) is 7.41. The van der Waals surface area contributed by atoms with E-state index >= 15 is 0 Å². The number of hydrogen-bond acceptors (Lipinski definition) is 5. The van der Waals surface area contributed by atoms with Crippen molar-refractivity contribution >= 4 is 11.2 Å². The predicted molar refractivity (Wildman–Crippen MR) is 122 cm³/mol. The van der Waals surface area contributed by atoms with Crippen LogP contribution >= 0.6 is 0 Å². The van der Waals surface area contributed by atoms with E-state index in [0.717, 1.165) is 11.3 Å². The first-order valence-electron chi connectivity index (χ1n) is 10.4. The zero-order valence-corrected chi connectivity index (χ0v) is 18.3. The third-order valence-electron chi connectivity index (χ3n) is 5.07. The standard InChI is InChI=1S/C23H24N6O3/c1-4-11-29-22(30)19-21(28(5-2)23(29)31)26-20(25-19)17-14-24-27(15-17)12-7-9-16-8-6-10-18(13-16)32-3/h6,8,10,13-15H,4-5,11-12H2,1-3H3,(H,25,26). The zero-order chi connectivity index (χ0) is 22.7. The van der Waals surface area contributed by atoms with Crippen molar-refractivity contribution in [3.05, 3.63) is 63.1 Å². The monoisotopic (exact) mass is 432 g/mol. The van der Waals surface area contributed by atoms with Crippen LogP contribution < -0.4 is 16.0 Å². The Kier molecular flexibility index (Phi) is 5.94. The lowest BCUT2D eigenvalue weighted by atomic mass is 10.2. The first-order chi connectivity index (χ1) is 15.5. The van der Waals surface area contributed by atoms with Gasteiger partial charge in [0.05, 0.1) is 18.9 Å². The van der Waals surface area contributed by atoms with Crippen LogP contribution in [0.25, 0.3) is 22.6 Å². The van der Waals surface area contributed by atoms with E-state index in [9.17, 15) is 9.59 Å². The summed E-state index contributed by atoms with van der Waals surface area (Å²) in [5.41, 5.74) is 1.55. The van der Waals surface area contributed by atoms with Crippen LogP contribution in [-0.4, -0.2) is 36.0 Å². The molecule has 3 aromatic heterocycles. The summed E-state index contributed by atoms with van der Waals surface area (Å²) in [6, 6.07) is 7.54. The smallest absolute Gasteiger partial charge is 0.332 e. The van der Waals surface area contributed by atoms with Crippen LogP contribution in [-0.2, 0) is 19.6 Å². The number of fused-ring (bicyclic) bond motifs is 1. The molecule has 0 saturated heterocycles. The summed E-state index contributed by atoms with van der Waals surface area (Å²) in [5, 5.41) is 4.33. The van der Waals surface area contributed by atoms with Gasteiger partial charge in [0.1, 0.15) is 23.6 Å². The second kappa shape index (κ2) is 8.98. The molecule has 1 N–H and O–H groups in total. The molecule has 9 heteroatoms. The first-order valence-corrected chi connectivity index (χ1v) is 10.4. The van der Waals surface area contributed by atoms with Gasteiger partial charge in [0.25, 0.3) is 5.56 Å². The van der Waals surface area contributed by atoms with Crippen molar-refractivity contribution in [3.8, 4) is 29.0 Å². The van der Waals surface area contributed by atoms with Crippen LogP contribution in [0.2, 0.25) is 0 Å². The van der Waals surface area contributed by atoms with Gasteiger partial charge in [-0.2, -0.15) is 5.10 Å². The summed E-state index contributed by atoms with van der Waals surface area (Å²) in [6.07, 6.45) is 4.15. The molecule has 1 aromatic carbocycles.